The van der Waals surface area contributed by atoms with Gasteiger partial charge in [0.2, 0.25) is 0 Å². The van der Waals surface area contributed by atoms with Crippen molar-refractivity contribution in [1.29, 1.82) is 0 Å². The zero-order valence-corrected chi connectivity index (χ0v) is 18.4. The Balaban J connectivity index is 1.62. The van der Waals surface area contributed by atoms with Crippen molar-refractivity contribution in [3.8, 4) is 11.4 Å². The number of benzene rings is 1. The van der Waals surface area contributed by atoms with E-state index in [0.717, 1.165) is 16.7 Å². The minimum atomic E-state index is -0.913. The Kier molecular flexibility index (Phi) is 4.93. The zero-order chi connectivity index (χ0) is 22.5. The lowest BCUT2D eigenvalue weighted by molar-refractivity contribution is 0.0944. The van der Waals surface area contributed by atoms with Crippen molar-refractivity contribution in [2.45, 2.75) is 39.0 Å². The number of alkyl halides is 1. The van der Waals surface area contributed by atoms with Gasteiger partial charge >= 0.3 is 0 Å². The predicted molar refractivity (Wildman–Crippen MR) is 123 cm³/mol. The Bertz CT molecular complexity index is 1300. The van der Waals surface area contributed by atoms with E-state index < -0.39 is 11.8 Å². The minimum Gasteiger partial charge on any atom is -0.389 e. The number of aryl methyl sites for hydroxylation is 1. The summed E-state index contributed by atoms with van der Waals surface area (Å²) in [6.45, 7) is 6.64. The quantitative estimate of drug-likeness (QED) is 0.497. The molecule has 0 unspecified atom stereocenters. The second kappa shape index (κ2) is 7.67. The molecule has 1 fully saturated rings. The van der Waals surface area contributed by atoms with Gasteiger partial charge in [-0.2, -0.15) is 9.61 Å². The third-order valence-electron chi connectivity index (χ3n) is 5.56. The molecule has 1 aliphatic heterocycles. The van der Waals surface area contributed by atoms with Gasteiger partial charge in [0.05, 0.1) is 28.9 Å². The lowest BCUT2D eigenvalue weighted by atomic mass is 10.1. The number of nitrogens with zero attached hydrogens (tertiary/aromatic N) is 6. The summed E-state index contributed by atoms with van der Waals surface area (Å²) in [5.41, 5.74) is 3.45. The van der Waals surface area contributed by atoms with E-state index in [2.05, 4.69) is 10.3 Å². The number of para-hydroxylation sites is 2. The molecule has 2 N–H and O–H groups in total. The summed E-state index contributed by atoms with van der Waals surface area (Å²) in [7, 11) is 0. The lowest BCUT2D eigenvalue weighted by Crippen LogP contribution is -2.30. The van der Waals surface area contributed by atoms with Crippen LogP contribution in [-0.2, 0) is 0 Å². The molecule has 9 heteroatoms. The maximum atomic E-state index is 13.8. The fraction of sp³-hybridized carbons (Fsp3) is 0.391. The van der Waals surface area contributed by atoms with Crippen LogP contribution in [0.1, 0.15) is 26.0 Å². The normalized spacial score (nSPS) is 16.9. The van der Waals surface area contributed by atoms with Crippen molar-refractivity contribution < 1.29 is 9.50 Å². The van der Waals surface area contributed by atoms with Crippen molar-refractivity contribution in [2.75, 3.05) is 29.9 Å². The molecule has 1 saturated heterocycles. The summed E-state index contributed by atoms with van der Waals surface area (Å²) in [4.78, 5) is 16.1. The topological polar surface area (TPSA) is 91.5 Å². The summed E-state index contributed by atoms with van der Waals surface area (Å²) in [5.74, 6) is 1.36. The number of halogens is 1. The standard InChI is InChI=1S/C23H26FN7O/c1-14-22(27-17-7-5-4-6-16(17)26-14)18-10-21-28-20(30-9-8-15(24)12-30)11-19(31(21)29-18)25-13-23(2,3)32/h4-7,10-11,15,25,32H,8-9,12-13H2,1-3H3/t15-/m1/s1. The van der Waals surface area contributed by atoms with Crippen LogP contribution in [0.4, 0.5) is 16.0 Å². The first-order chi connectivity index (χ1) is 15.3. The Morgan fingerprint density at radius 1 is 1.16 bits per heavy atom. The largest absolute Gasteiger partial charge is 0.389 e. The first kappa shape index (κ1) is 20.6. The monoisotopic (exact) mass is 435 g/mol. The average Bonchev–Trinajstić information content (AvgIpc) is 3.37. The highest BCUT2D eigenvalue weighted by atomic mass is 19.1. The Morgan fingerprint density at radius 3 is 2.59 bits per heavy atom. The van der Waals surface area contributed by atoms with E-state index in [-0.39, 0.29) is 0 Å². The van der Waals surface area contributed by atoms with Crippen LogP contribution in [0.3, 0.4) is 0 Å². The first-order valence-electron chi connectivity index (χ1n) is 10.8. The van der Waals surface area contributed by atoms with Gasteiger partial charge in [0, 0.05) is 25.2 Å². The highest BCUT2D eigenvalue weighted by molar-refractivity contribution is 5.78. The molecule has 5 rings (SSSR count). The third kappa shape index (κ3) is 3.95. The molecule has 4 aromatic rings. The van der Waals surface area contributed by atoms with E-state index in [1.807, 2.05) is 48.2 Å². The summed E-state index contributed by atoms with van der Waals surface area (Å²) < 4.78 is 15.5. The van der Waals surface area contributed by atoms with Crippen molar-refractivity contribution in [1.82, 2.24) is 24.6 Å². The second-order valence-corrected chi connectivity index (χ2v) is 8.94. The number of nitrogens with one attached hydrogen (secondary N) is 1. The third-order valence-corrected chi connectivity index (χ3v) is 5.56. The smallest absolute Gasteiger partial charge is 0.160 e. The van der Waals surface area contributed by atoms with Crippen LogP contribution < -0.4 is 10.2 Å². The molecule has 0 amide bonds. The average molecular weight is 436 g/mol. The highest BCUT2D eigenvalue weighted by Crippen LogP contribution is 2.28. The number of fused-ring (bicyclic) bond motifs is 2. The van der Waals surface area contributed by atoms with Gasteiger partial charge in [0.15, 0.2) is 5.65 Å². The van der Waals surface area contributed by atoms with E-state index in [4.69, 9.17) is 15.1 Å². The maximum absolute atomic E-state index is 13.8. The second-order valence-electron chi connectivity index (χ2n) is 8.94. The zero-order valence-electron chi connectivity index (χ0n) is 18.4. The molecule has 1 aromatic carbocycles. The Hall–Kier alpha value is -3.33. The molecule has 0 aliphatic carbocycles. The summed E-state index contributed by atoms with van der Waals surface area (Å²) >= 11 is 0. The molecule has 0 radical (unpaired) electrons. The number of hydrogen-bond acceptors (Lipinski definition) is 7. The van der Waals surface area contributed by atoms with E-state index in [9.17, 15) is 9.50 Å². The van der Waals surface area contributed by atoms with Crippen molar-refractivity contribution in [3.63, 3.8) is 0 Å². The highest BCUT2D eigenvalue weighted by Gasteiger charge is 2.25. The number of rotatable bonds is 5. The molecule has 8 nitrogen and oxygen atoms in total. The minimum absolute atomic E-state index is 0.321. The van der Waals surface area contributed by atoms with E-state index in [1.54, 1.807) is 18.4 Å². The fourth-order valence-electron chi connectivity index (χ4n) is 3.93. The Labute approximate surface area is 185 Å². The maximum Gasteiger partial charge on any atom is 0.160 e. The van der Waals surface area contributed by atoms with Crippen LogP contribution in [-0.4, -0.2) is 61.1 Å². The van der Waals surface area contributed by atoms with Gasteiger partial charge in [0.1, 0.15) is 29.2 Å². The fourth-order valence-corrected chi connectivity index (χ4v) is 3.93. The van der Waals surface area contributed by atoms with Gasteiger partial charge in [-0.15, -0.1) is 0 Å². The van der Waals surface area contributed by atoms with Crippen molar-refractivity contribution in [3.05, 3.63) is 42.1 Å². The number of aliphatic hydroxyl groups is 1. The summed E-state index contributed by atoms with van der Waals surface area (Å²) in [6, 6.07) is 11.5. The molecular formula is C23H26FN7O. The number of aromatic nitrogens is 5. The van der Waals surface area contributed by atoms with E-state index >= 15 is 0 Å². The van der Waals surface area contributed by atoms with Crippen LogP contribution >= 0.6 is 0 Å². The first-order valence-corrected chi connectivity index (χ1v) is 10.8. The molecule has 32 heavy (non-hydrogen) atoms. The van der Waals surface area contributed by atoms with Crippen molar-refractivity contribution in [2.24, 2.45) is 0 Å². The van der Waals surface area contributed by atoms with Crippen LogP contribution in [0.15, 0.2) is 36.4 Å². The van der Waals surface area contributed by atoms with E-state index in [0.29, 0.717) is 54.7 Å². The molecule has 0 saturated carbocycles. The van der Waals surface area contributed by atoms with Crippen molar-refractivity contribution >= 4 is 28.3 Å². The molecule has 4 heterocycles. The SMILES string of the molecule is Cc1nc2ccccc2nc1-c1cc2nc(N3CC[C@@H](F)C3)cc(NCC(C)(C)O)n2n1. The molecule has 1 aliphatic rings. The van der Waals surface area contributed by atoms with Gasteiger partial charge in [0.25, 0.3) is 0 Å². The van der Waals surface area contributed by atoms with Crippen LogP contribution in [0.25, 0.3) is 28.1 Å². The van der Waals surface area contributed by atoms with Gasteiger partial charge in [-0.1, -0.05) is 12.1 Å². The lowest BCUT2D eigenvalue weighted by Gasteiger charge is -2.21. The molecule has 1 atom stereocenters. The molecule has 3 aromatic heterocycles. The van der Waals surface area contributed by atoms with Gasteiger partial charge < -0.3 is 15.3 Å². The number of anilines is 2. The Morgan fingerprint density at radius 2 is 1.91 bits per heavy atom. The number of hydrogen-bond donors (Lipinski definition) is 2. The predicted octanol–water partition coefficient (Wildman–Crippen LogP) is 3.38. The van der Waals surface area contributed by atoms with Gasteiger partial charge in [-0.3, -0.25) is 0 Å². The summed E-state index contributed by atoms with van der Waals surface area (Å²) in [6.07, 6.45) is -0.354. The van der Waals surface area contributed by atoms with Gasteiger partial charge in [-0.25, -0.2) is 19.3 Å². The molecule has 166 valence electrons. The van der Waals surface area contributed by atoms with Crippen LogP contribution in [0.2, 0.25) is 0 Å². The summed E-state index contributed by atoms with van der Waals surface area (Å²) in [5, 5.41) is 18.2. The molecule has 0 spiro atoms. The molecular weight excluding hydrogens is 409 g/mol. The molecule has 0 bridgehead atoms. The van der Waals surface area contributed by atoms with E-state index in [1.165, 1.54) is 0 Å². The van der Waals surface area contributed by atoms with Crippen LogP contribution in [0.5, 0.6) is 0 Å². The van der Waals surface area contributed by atoms with Gasteiger partial charge in [-0.05, 0) is 39.3 Å². The van der Waals surface area contributed by atoms with Crippen LogP contribution in [0, 0.1) is 6.92 Å².